The Kier molecular flexibility index (Phi) is 4.04. The molecule has 2 aliphatic rings. The van der Waals surface area contributed by atoms with Crippen LogP contribution in [0.1, 0.15) is 18.4 Å². The number of nitrogens with two attached hydrogens (primary N) is 1. The highest BCUT2D eigenvalue weighted by Crippen LogP contribution is 2.61. The highest BCUT2D eigenvalue weighted by Gasteiger charge is 2.70. The lowest BCUT2D eigenvalue weighted by molar-refractivity contribution is -0.149. The first kappa shape index (κ1) is 16.8. The van der Waals surface area contributed by atoms with Crippen molar-refractivity contribution in [3.05, 3.63) is 60.2 Å². The molecule has 0 bridgehead atoms. The standard InChI is InChI=1S/C21H21NO4/c22-21(20(24)25)11-10-16-17(18(16)21)19(23)26-12-14-8-4-5-9-15(14)13-6-2-1-3-7-13/h1-9,16-18H,10-12,22H2,(H,24,25)/t16-,17-,18-,21-/m0/s1. The van der Waals surface area contributed by atoms with E-state index in [1.54, 1.807) is 0 Å². The zero-order valence-electron chi connectivity index (χ0n) is 14.3. The molecule has 0 unspecified atom stereocenters. The van der Waals surface area contributed by atoms with Crippen molar-refractivity contribution >= 4 is 11.9 Å². The average molecular weight is 351 g/mol. The zero-order valence-corrected chi connectivity index (χ0v) is 14.3. The van der Waals surface area contributed by atoms with E-state index in [1.807, 2.05) is 54.6 Å². The number of carbonyl (C=O) groups excluding carboxylic acids is 1. The lowest BCUT2D eigenvalue weighted by Gasteiger charge is -2.21. The minimum atomic E-state index is -1.28. The van der Waals surface area contributed by atoms with Crippen molar-refractivity contribution in [3.8, 4) is 11.1 Å². The molecule has 134 valence electrons. The second-order valence-electron chi connectivity index (χ2n) is 7.23. The molecule has 5 heteroatoms. The smallest absolute Gasteiger partial charge is 0.324 e. The van der Waals surface area contributed by atoms with Crippen molar-refractivity contribution in [1.82, 2.24) is 0 Å². The molecule has 0 aliphatic heterocycles. The maximum absolute atomic E-state index is 12.5. The first-order chi connectivity index (χ1) is 12.5. The average Bonchev–Trinajstić information content (AvgIpc) is 3.30. The topological polar surface area (TPSA) is 89.6 Å². The summed E-state index contributed by atoms with van der Waals surface area (Å²) in [5.74, 6) is -1.98. The Labute approximate surface area is 151 Å². The van der Waals surface area contributed by atoms with Crippen LogP contribution < -0.4 is 5.73 Å². The first-order valence-electron chi connectivity index (χ1n) is 8.84. The maximum Gasteiger partial charge on any atom is 0.324 e. The van der Waals surface area contributed by atoms with Crippen LogP contribution in [0.5, 0.6) is 0 Å². The van der Waals surface area contributed by atoms with Gasteiger partial charge in [-0.1, -0.05) is 54.6 Å². The Morgan fingerprint density at radius 3 is 2.54 bits per heavy atom. The molecule has 0 amide bonds. The van der Waals surface area contributed by atoms with Crippen molar-refractivity contribution in [2.45, 2.75) is 25.0 Å². The third-order valence-electron chi connectivity index (χ3n) is 5.80. The van der Waals surface area contributed by atoms with Gasteiger partial charge in [-0.3, -0.25) is 9.59 Å². The fourth-order valence-corrected chi connectivity index (χ4v) is 4.37. The highest BCUT2D eigenvalue weighted by molar-refractivity contribution is 5.85. The van der Waals surface area contributed by atoms with Gasteiger partial charge in [-0.2, -0.15) is 0 Å². The second kappa shape index (κ2) is 6.25. The molecule has 2 saturated carbocycles. The number of esters is 1. The lowest BCUT2D eigenvalue weighted by atomic mass is 9.92. The van der Waals surface area contributed by atoms with Crippen LogP contribution in [0.4, 0.5) is 0 Å². The third kappa shape index (κ3) is 2.69. The molecule has 3 N–H and O–H groups in total. The van der Waals surface area contributed by atoms with E-state index in [4.69, 9.17) is 10.5 Å². The second-order valence-corrected chi connectivity index (χ2v) is 7.23. The number of hydrogen-bond donors (Lipinski definition) is 2. The van der Waals surface area contributed by atoms with E-state index in [0.717, 1.165) is 16.7 Å². The molecule has 4 atom stereocenters. The Morgan fingerprint density at radius 2 is 1.81 bits per heavy atom. The number of rotatable bonds is 5. The molecule has 26 heavy (non-hydrogen) atoms. The lowest BCUT2D eigenvalue weighted by Crippen LogP contribution is -2.49. The zero-order chi connectivity index (χ0) is 18.3. The Bertz CT molecular complexity index is 850. The van der Waals surface area contributed by atoms with E-state index in [9.17, 15) is 14.7 Å². The van der Waals surface area contributed by atoms with Crippen molar-refractivity contribution in [3.63, 3.8) is 0 Å². The minimum Gasteiger partial charge on any atom is -0.480 e. The highest BCUT2D eigenvalue weighted by atomic mass is 16.5. The molecule has 2 aromatic carbocycles. The van der Waals surface area contributed by atoms with Gasteiger partial charge in [-0.05, 0) is 35.4 Å². The van der Waals surface area contributed by atoms with Crippen LogP contribution in [-0.4, -0.2) is 22.6 Å². The molecule has 2 aliphatic carbocycles. The number of carbonyl (C=O) groups is 2. The fraction of sp³-hybridized carbons (Fsp3) is 0.333. The van der Waals surface area contributed by atoms with E-state index in [2.05, 4.69) is 0 Å². The number of hydrogen-bond acceptors (Lipinski definition) is 4. The monoisotopic (exact) mass is 351 g/mol. The van der Waals surface area contributed by atoms with Crippen LogP contribution in [0, 0.1) is 17.8 Å². The van der Waals surface area contributed by atoms with Crippen LogP contribution in [0.25, 0.3) is 11.1 Å². The number of ether oxygens (including phenoxy) is 1. The summed E-state index contributed by atoms with van der Waals surface area (Å²) in [7, 11) is 0. The third-order valence-corrected chi connectivity index (χ3v) is 5.80. The predicted octanol–water partition coefficient (Wildman–Crippen LogP) is 2.83. The number of benzene rings is 2. The van der Waals surface area contributed by atoms with Gasteiger partial charge in [0.05, 0.1) is 5.92 Å². The van der Waals surface area contributed by atoms with E-state index >= 15 is 0 Å². The van der Waals surface area contributed by atoms with Gasteiger partial charge in [-0.25, -0.2) is 0 Å². The fourth-order valence-electron chi connectivity index (χ4n) is 4.37. The van der Waals surface area contributed by atoms with E-state index in [-0.39, 0.29) is 30.3 Å². The predicted molar refractivity (Wildman–Crippen MR) is 95.9 cm³/mol. The summed E-state index contributed by atoms with van der Waals surface area (Å²) < 4.78 is 5.54. The molecule has 5 nitrogen and oxygen atoms in total. The van der Waals surface area contributed by atoms with Crippen molar-refractivity contribution < 1.29 is 19.4 Å². The molecule has 2 aromatic rings. The molecule has 4 rings (SSSR count). The van der Waals surface area contributed by atoms with E-state index < -0.39 is 11.5 Å². The van der Waals surface area contributed by atoms with E-state index in [0.29, 0.717) is 12.8 Å². The summed E-state index contributed by atoms with van der Waals surface area (Å²) in [5, 5.41) is 9.36. The summed E-state index contributed by atoms with van der Waals surface area (Å²) in [6.45, 7) is 0.171. The van der Waals surface area contributed by atoms with Crippen LogP contribution >= 0.6 is 0 Å². The van der Waals surface area contributed by atoms with Crippen molar-refractivity contribution in [2.24, 2.45) is 23.5 Å². The van der Waals surface area contributed by atoms with Gasteiger partial charge >= 0.3 is 11.9 Å². The summed E-state index contributed by atoms with van der Waals surface area (Å²) in [6.07, 6.45) is 1.10. The molecular weight excluding hydrogens is 330 g/mol. The first-order valence-corrected chi connectivity index (χ1v) is 8.84. The van der Waals surface area contributed by atoms with Gasteiger partial charge < -0.3 is 15.6 Å². The van der Waals surface area contributed by atoms with Crippen LogP contribution in [0.3, 0.4) is 0 Å². The summed E-state index contributed by atoms with van der Waals surface area (Å²) in [6, 6.07) is 17.7. The van der Waals surface area contributed by atoms with Gasteiger partial charge in [0.15, 0.2) is 0 Å². The number of fused-ring (bicyclic) bond motifs is 1. The number of carboxylic acids is 1. The molecule has 0 spiro atoms. The maximum atomic E-state index is 12.5. The molecule has 0 heterocycles. The van der Waals surface area contributed by atoms with Crippen molar-refractivity contribution in [1.29, 1.82) is 0 Å². The van der Waals surface area contributed by atoms with Crippen LogP contribution in [0.15, 0.2) is 54.6 Å². The minimum absolute atomic E-state index is 0.0490. The molecule has 0 saturated heterocycles. The Morgan fingerprint density at radius 1 is 1.12 bits per heavy atom. The number of carboxylic acid groups (broad SMARTS) is 1. The van der Waals surface area contributed by atoms with Gasteiger partial charge in [0.25, 0.3) is 0 Å². The largest absolute Gasteiger partial charge is 0.480 e. The molecule has 0 radical (unpaired) electrons. The molecular formula is C21H21NO4. The SMILES string of the molecule is N[C@@]1(C(=O)O)CC[C@H]2[C@H](C(=O)OCc3ccccc3-c3ccccc3)[C@H]21. The normalized spacial score (nSPS) is 29.0. The van der Waals surface area contributed by atoms with E-state index in [1.165, 1.54) is 0 Å². The van der Waals surface area contributed by atoms with Gasteiger partial charge in [0.1, 0.15) is 12.1 Å². The Hall–Kier alpha value is -2.66. The van der Waals surface area contributed by atoms with Gasteiger partial charge in [-0.15, -0.1) is 0 Å². The van der Waals surface area contributed by atoms with Crippen molar-refractivity contribution in [2.75, 3.05) is 0 Å². The number of aliphatic carboxylic acids is 1. The quantitative estimate of drug-likeness (QED) is 0.809. The summed E-state index contributed by atoms with van der Waals surface area (Å²) in [4.78, 5) is 23.9. The van der Waals surface area contributed by atoms with Gasteiger partial charge in [0.2, 0.25) is 0 Å². The summed E-state index contributed by atoms with van der Waals surface area (Å²) in [5.41, 5.74) is 7.75. The molecule has 2 fully saturated rings. The summed E-state index contributed by atoms with van der Waals surface area (Å²) >= 11 is 0. The van der Waals surface area contributed by atoms with Gasteiger partial charge in [0, 0.05) is 5.92 Å². The van der Waals surface area contributed by atoms with Crippen LogP contribution in [0.2, 0.25) is 0 Å². The molecule has 0 aromatic heterocycles. The van der Waals surface area contributed by atoms with Crippen LogP contribution in [-0.2, 0) is 20.9 Å². The Balaban J connectivity index is 1.45.